The van der Waals surface area contributed by atoms with Crippen molar-refractivity contribution in [3.05, 3.63) is 0 Å². The van der Waals surface area contributed by atoms with Crippen LogP contribution >= 0.6 is 0 Å². The van der Waals surface area contributed by atoms with Crippen molar-refractivity contribution in [2.75, 3.05) is 19.8 Å². The second kappa shape index (κ2) is 6.70. The Balaban J connectivity index is 2.14. The van der Waals surface area contributed by atoms with E-state index in [1.807, 2.05) is 13.8 Å². The van der Waals surface area contributed by atoms with E-state index in [0.29, 0.717) is 6.54 Å². The van der Waals surface area contributed by atoms with Gasteiger partial charge in [0.15, 0.2) is 0 Å². The van der Waals surface area contributed by atoms with Gasteiger partial charge in [-0.05, 0) is 25.7 Å². The lowest BCUT2D eigenvalue weighted by Gasteiger charge is -2.20. The molecule has 1 aliphatic rings. The van der Waals surface area contributed by atoms with Crippen molar-refractivity contribution in [2.45, 2.75) is 38.8 Å². The minimum atomic E-state index is -0.191. The van der Waals surface area contributed by atoms with Crippen LogP contribution in [0.15, 0.2) is 0 Å². The molecule has 3 N–H and O–H groups in total. The van der Waals surface area contributed by atoms with Crippen LogP contribution in [0.25, 0.3) is 0 Å². The second-order valence-electron chi connectivity index (χ2n) is 4.44. The Hall–Kier alpha value is -0.810. The maximum Gasteiger partial charge on any atom is 0.315 e. The SMILES string of the molecule is CC(CO)C(C)NC(=O)NCC1CCCO1. The van der Waals surface area contributed by atoms with Crippen LogP contribution in [-0.4, -0.2) is 43.0 Å². The average Bonchev–Trinajstić information content (AvgIpc) is 2.78. The summed E-state index contributed by atoms with van der Waals surface area (Å²) in [4.78, 5) is 11.5. The Labute approximate surface area is 96.6 Å². The molecule has 94 valence electrons. The molecular formula is C11H22N2O3. The highest BCUT2D eigenvalue weighted by atomic mass is 16.5. The summed E-state index contributed by atoms with van der Waals surface area (Å²) in [7, 11) is 0. The Morgan fingerprint density at radius 2 is 2.31 bits per heavy atom. The molecule has 1 heterocycles. The molecule has 0 aromatic carbocycles. The average molecular weight is 230 g/mol. The number of rotatable bonds is 5. The normalized spacial score (nSPS) is 23.8. The fourth-order valence-electron chi connectivity index (χ4n) is 1.57. The summed E-state index contributed by atoms with van der Waals surface area (Å²) < 4.78 is 5.39. The first-order valence-electron chi connectivity index (χ1n) is 5.90. The molecule has 1 fully saturated rings. The molecule has 0 aromatic heterocycles. The van der Waals surface area contributed by atoms with Crippen molar-refractivity contribution in [1.82, 2.24) is 10.6 Å². The predicted octanol–water partition coefficient (Wildman–Crippen LogP) is 0.481. The lowest BCUT2D eigenvalue weighted by Crippen LogP contribution is -2.46. The van der Waals surface area contributed by atoms with Crippen LogP contribution in [0.4, 0.5) is 4.79 Å². The number of carbonyl (C=O) groups excluding carboxylic acids is 1. The molecular weight excluding hydrogens is 208 g/mol. The highest BCUT2D eigenvalue weighted by Crippen LogP contribution is 2.10. The third kappa shape index (κ3) is 4.37. The largest absolute Gasteiger partial charge is 0.396 e. The topological polar surface area (TPSA) is 70.6 Å². The fraction of sp³-hybridized carbons (Fsp3) is 0.909. The van der Waals surface area contributed by atoms with E-state index < -0.39 is 0 Å². The zero-order valence-electron chi connectivity index (χ0n) is 10.0. The van der Waals surface area contributed by atoms with Crippen LogP contribution in [-0.2, 0) is 4.74 Å². The Morgan fingerprint density at radius 3 is 2.88 bits per heavy atom. The molecule has 3 unspecified atom stereocenters. The van der Waals surface area contributed by atoms with Gasteiger partial charge in [0.1, 0.15) is 0 Å². The smallest absolute Gasteiger partial charge is 0.315 e. The predicted molar refractivity (Wildman–Crippen MR) is 61.2 cm³/mol. The monoisotopic (exact) mass is 230 g/mol. The lowest BCUT2D eigenvalue weighted by atomic mass is 10.1. The number of hydrogen-bond donors (Lipinski definition) is 3. The van der Waals surface area contributed by atoms with E-state index in [9.17, 15) is 4.79 Å². The van der Waals surface area contributed by atoms with Gasteiger partial charge in [0.25, 0.3) is 0 Å². The van der Waals surface area contributed by atoms with Crippen molar-refractivity contribution >= 4 is 6.03 Å². The summed E-state index contributed by atoms with van der Waals surface area (Å²) in [6.07, 6.45) is 2.26. The van der Waals surface area contributed by atoms with Gasteiger partial charge in [-0.3, -0.25) is 0 Å². The number of carbonyl (C=O) groups is 1. The van der Waals surface area contributed by atoms with Crippen LogP contribution in [0.2, 0.25) is 0 Å². The summed E-state index contributed by atoms with van der Waals surface area (Å²) >= 11 is 0. The Bertz CT molecular complexity index is 217. The van der Waals surface area contributed by atoms with E-state index >= 15 is 0 Å². The number of nitrogens with one attached hydrogen (secondary N) is 2. The van der Waals surface area contributed by atoms with Gasteiger partial charge in [-0.15, -0.1) is 0 Å². The van der Waals surface area contributed by atoms with Crippen molar-refractivity contribution in [3.63, 3.8) is 0 Å². The maximum atomic E-state index is 11.5. The van der Waals surface area contributed by atoms with Crippen molar-refractivity contribution < 1.29 is 14.6 Å². The van der Waals surface area contributed by atoms with Gasteiger partial charge in [0, 0.05) is 25.8 Å². The van der Waals surface area contributed by atoms with E-state index in [0.717, 1.165) is 19.4 Å². The third-order valence-electron chi connectivity index (χ3n) is 3.01. The van der Waals surface area contributed by atoms with Crippen LogP contribution < -0.4 is 10.6 Å². The van der Waals surface area contributed by atoms with Crippen LogP contribution in [0.1, 0.15) is 26.7 Å². The molecule has 1 rings (SSSR count). The van der Waals surface area contributed by atoms with Crippen molar-refractivity contribution in [3.8, 4) is 0 Å². The lowest BCUT2D eigenvalue weighted by molar-refractivity contribution is 0.111. The fourth-order valence-corrected chi connectivity index (χ4v) is 1.57. The summed E-state index contributed by atoms with van der Waals surface area (Å²) in [5.74, 6) is 0.0634. The zero-order chi connectivity index (χ0) is 12.0. The first-order valence-corrected chi connectivity index (χ1v) is 5.90. The molecule has 16 heavy (non-hydrogen) atoms. The van der Waals surface area contributed by atoms with Crippen LogP contribution in [0, 0.1) is 5.92 Å². The van der Waals surface area contributed by atoms with Gasteiger partial charge < -0.3 is 20.5 Å². The zero-order valence-corrected chi connectivity index (χ0v) is 10.0. The molecule has 5 nitrogen and oxygen atoms in total. The number of amides is 2. The molecule has 3 atom stereocenters. The van der Waals surface area contributed by atoms with Gasteiger partial charge in [-0.25, -0.2) is 4.79 Å². The highest BCUT2D eigenvalue weighted by Gasteiger charge is 2.17. The van der Waals surface area contributed by atoms with Gasteiger partial charge in [0.05, 0.1) is 6.10 Å². The van der Waals surface area contributed by atoms with Gasteiger partial charge >= 0.3 is 6.03 Å². The van der Waals surface area contributed by atoms with E-state index in [2.05, 4.69) is 10.6 Å². The van der Waals surface area contributed by atoms with Crippen molar-refractivity contribution in [1.29, 1.82) is 0 Å². The molecule has 0 aromatic rings. The summed E-state index contributed by atoms with van der Waals surface area (Å²) in [5, 5.41) is 14.5. The quantitative estimate of drug-likeness (QED) is 0.643. The number of aliphatic hydroxyl groups is 1. The molecule has 5 heteroatoms. The first kappa shape index (κ1) is 13.3. The number of aliphatic hydroxyl groups excluding tert-OH is 1. The van der Waals surface area contributed by atoms with E-state index in [1.165, 1.54) is 0 Å². The van der Waals surface area contributed by atoms with Crippen LogP contribution in [0.3, 0.4) is 0 Å². The molecule has 1 saturated heterocycles. The van der Waals surface area contributed by atoms with E-state index in [-0.39, 0.29) is 30.7 Å². The van der Waals surface area contributed by atoms with Crippen LogP contribution in [0.5, 0.6) is 0 Å². The second-order valence-corrected chi connectivity index (χ2v) is 4.44. The van der Waals surface area contributed by atoms with Gasteiger partial charge in [-0.2, -0.15) is 0 Å². The first-order chi connectivity index (χ1) is 7.63. The van der Waals surface area contributed by atoms with Crippen molar-refractivity contribution in [2.24, 2.45) is 5.92 Å². The van der Waals surface area contributed by atoms with E-state index in [1.54, 1.807) is 0 Å². The molecule has 0 aliphatic carbocycles. The molecule has 1 aliphatic heterocycles. The van der Waals surface area contributed by atoms with Gasteiger partial charge in [0.2, 0.25) is 0 Å². The Morgan fingerprint density at radius 1 is 1.56 bits per heavy atom. The standard InChI is InChI=1S/C11H22N2O3/c1-8(7-14)9(2)13-11(15)12-6-10-4-3-5-16-10/h8-10,14H,3-7H2,1-2H3,(H2,12,13,15). The molecule has 2 amide bonds. The molecule has 0 saturated carbocycles. The summed E-state index contributed by atoms with van der Waals surface area (Å²) in [5.41, 5.74) is 0. The number of hydrogen-bond acceptors (Lipinski definition) is 3. The number of urea groups is 1. The van der Waals surface area contributed by atoms with Gasteiger partial charge in [-0.1, -0.05) is 6.92 Å². The Kier molecular flexibility index (Phi) is 5.55. The third-order valence-corrected chi connectivity index (χ3v) is 3.01. The van der Waals surface area contributed by atoms with E-state index in [4.69, 9.17) is 9.84 Å². The molecule has 0 radical (unpaired) electrons. The summed E-state index contributed by atoms with van der Waals surface area (Å²) in [6, 6.07) is -0.224. The molecule has 0 bridgehead atoms. The number of ether oxygens (including phenoxy) is 1. The molecule has 0 spiro atoms. The minimum Gasteiger partial charge on any atom is -0.396 e. The highest BCUT2D eigenvalue weighted by molar-refractivity contribution is 5.74. The minimum absolute atomic E-state index is 0.0329. The summed E-state index contributed by atoms with van der Waals surface area (Å²) in [6.45, 7) is 5.21. The maximum absolute atomic E-state index is 11.5.